The van der Waals surface area contributed by atoms with Crippen LogP contribution in [0, 0.1) is 11.8 Å². The third-order valence-electron chi connectivity index (χ3n) is 7.40. The van der Waals surface area contributed by atoms with E-state index in [0.717, 1.165) is 55.3 Å². The second-order valence-electron chi connectivity index (χ2n) is 9.78. The second-order valence-corrected chi connectivity index (χ2v) is 9.78. The van der Waals surface area contributed by atoms with Crippen molar-refractivity contribution in [1.29, 1.82) is 0 Å². The van der Waals surface area contributed by atoms with Crippen LogP contribution in [0.3, 0.4) is 0 Å². The number of nitrogens with zero attached hydrogens (tertiary/aromatic N) is 3. The number of piperazine rings is 1. The fourth-order valence-corrected chi connectivity index (χ4v) is 5.29. The van der Waals surface area contributed by atoms with Gasteiger partial charge in [-0.3, -0.25) is 4.79 Å². The number of nitrogens with one attached hydrogen (secondary N) is 1. The van der Waals surface area contributed by atoms with Gasteiger partial charge in [-0.25, -0.2) is 4.99 Å². The lowest BCUT2D eigenvalue weighted by Gasteiger charge is -2.34. The lowest BCUT2D eigenvalue weighted by atomic mass is 9.78. The third-order valence-corrected chi connectivity index (χ3v) is 7.40. The molecule has 1 aliphatic heterocycles. The Morgan fingerprint density at radius 1 is 1.06 bits per heavy atom. The van der Waals surface area contributed by atoms with E-state index in [1.807, 2.05) is 19.2 Å². The Morgan fingerprint density at radius 3 is 2.45 bits per heavy atom. The van der Waals surface area contributed by atoms with Gasteiger partial charge in [0.15, 0.2) is 5.78 Å². The van der Waals surface area contributed by atoms with E-state index in [1.54, 1.807) is 6.08 Å². The van der Waals surface area contributed by atoms with Gasteiger partial charge in [-0.05, 0) is 92.6 Å². The SMILES string of the molecule is C=C1C(=CN=C(C)Nc2ccc(N3CCN(C)CC3)cc2)C=CC(=O)CCC1C1CCCC1. The zero-order chi connectivity index (χ0) is 23.2. The maximum absolute atomic E-state index is 12.2. The van der Waals surface area contributed by atoms with Gasteiger partial charge in [0.2, 0.25) is 0 Å². The quantitative estimate of drug-likeness (QED) is 0.495. The molecule has 0 amide bonds. The zero-order valence-corrected chi connectivity index (χ0v) is 20.2. The molecule has 1 atom stereocenters. The predicted octanol–water partition coefficient (Wildman–Crippen LogP) is 5.43. The molecule has 1 saturated carbocycles. The molecular weight excluding hydrogens is 408 g/mol. The van der Waals surface area contributed by atoms with E-state index in [0.29, 0.717) is 18.3 Å². The van der Waals surface area contributed by atoms with Crippen LogP contribution >= 0.6 is 0 Å². The number of carbonyl (C=O) groups is 1. The monoisotopic (exact) mass is 446 g/mol. The Bertz CT molecular complexity index is 929. The van der Waals surface area contributed by atoms with Crippen molar-refractivity contribution in [1.82, 2.24) is 4.90 Å². The van der Waals surface area contributed by atoms with E-state index in [1.165, 1.54) is 31.4 Å². The minimum atomic E-state index is 0.204. The zero-order valence-electron chi connectivity index (χ0n) is 20.2. The minimum Gasteiger partial charge on any atom is -0.369 e. The van der Waals surface area contributed by atoms with Crippen LogP contribution < -0.4 is 10.2 Å². The molecule has 0 spiro atoms. The maximum Gasteiger partial charge on any atom is 0.155 e. The Kier molecular flexibility index (Phi) is 7.81. The number of aliphatic imine (C=N–C) groups is 1. The third kappa shape index (κ3) is 6.23. The van der Waals surface area contributed by atoms with Crippen molar-refractivity contribution in [3.63, 3.8) is 0 Å². The first kappa shape index (κ1) is 23.5. The molecule has 33 heavy (non-hydrogen) atoms. The summed E-state index contributed by atoms with van der Waals surface area (Å²) in [6, 6.07) is 8.58. The molecule has 1 unspecified atom stereocenters. The van der Waals surface area contributed by atoms with Gasteiger partial charge < -0.3 is 15.1 Å². The molecule has 2 aliphatic carbocycles. The molecule has 0 bridgehead atoms. The van der Waals surface area contributed by atoms with Crippen molar-refractivity contribution in [3.8, 4) is 0 Å². The fourth-order valence-electron chi connectivity index (χ4n) is 5.29. The van der Waals surface area contributed by atoms with Crippen LogP contribution in [-0.2, 0) is 4.79 Å². The van der Waals surface area contributed by atoms with E-state index >= 15 is 0 Å². The molecule has 2 fully saturated rings. The predicted molar refractivity (Wildman–Crippen MR) is 139 cm³/mol. The van der Waals surface area contributed by atoms with Crippen LogP contribution in [-0.4, -0.2) is 49.7 Å². The molecule has 3 aliphatic rings. The summed E-state index contributed by atoms with van der Waals surface area (Å²) in [4.78, 5) is 21.7. The summed E-state index contributed by atoms with van der Waals surface area (Å²) in [5.74, 6) is 2.07. The molecule has 1 heterocycles. The van der Waals surface area contributed by atoms with Crippen LogP contribution in [0.5, 0.6) is 0 Å². The van der Waals surface area contributed by atoms with Gasteiger partial charge in [0.1, 0.15) is 5.84 Å². The van der Waals surface area contributed by atoms with Crippen molar-refractivity contribution in [3.05, 3.63) is 60.3 Å². The average molecular weight is 447 g/mol. The van der Waals surface area contributed by atoms with E-state index in [2.05, 4.69) is 58.0 Å². The summed E-state index contributed by atoms with van der Waals surface area (Å²) in [5, 5.41) is 3.39. The molecule has 1 aromatic rings. The molecule has 5 heteroatoms. The number of allylic oxidation sites excluding steroid dienone is 4. The largest absolute Gasteiger partial charge is 0.369 e. The molecule has 4 rings (SSSR count). The van der Waals surface area contributed by atoms with Gasteiger partial charge in [0.25, 0.3) is 0 Å². The first-order valence-electron chi connectivity index (χ1n) is 12.4. The lowest BCUT2D eigenvalue weighted by Crippen LogP contribution is -2.44. The van der Waals surface area contributed by atoms with Crippen molar-refractivity contribution in [2.75, 3.05) is 43.4 Å². The number of likely N-dealkylation sites (N-methyl/N-ethyl adjacent to an activating group) is 1. The lowest BCUT2D eigenvalue weighted by molar-refractivity contribution is -0.114. The molecule has 1 aromatic carbocycles. The molecule has 1 saturated heterocycles. The average Bonchev–Trinajstić information content (AvgIpc) is 3.34. The van der Waals surface area contributed by atoms with Gasteiger partial charge in [-0.15, -0.1) is 0 Å². The number of rotatable bonds is 4. The van der Waals surface area contributed by atoms with Gasteiger partial charge in [0, 0.05) is 50.2 Å². The Morgan fingerprint density at radius 2 is 1.76 bits per heavy atom. The highest BCUT2D eigenvalue weighted by Gasteiger charge is 2.29. The number of amidine groups is 1. The first-order chi connectivity index (χ1) is 16.0. The van der Waals surface area contributed by atoms with Gasteiger partial charge >= 0.3 is 0 Å². The van der Waals surface area contributed by atoms with Gasteiger partial charge in [-0.1, -0.05) is 19.4 Å². The van der Waals surface area contributed by atoms with Crippen molar-refractivity contribution in [2.45, 2.75) is 45.4 Å². The summed E-state index contributed by atoms with van der Waals surface area (Å²) < 4.78 is 0. The molecular formula is C28H38N4O. The number of benzene rings is 1. The number of ketones is 1. The Balaban J connectivity index is 1.43. The van der Waals surface area contributed by atoms with Crippen LogP contribution in [0.15, 0.2) is 65.3 Å². The molecule has 5 nitrogen and oxygen atoms in total. The highest BCUT2D eigenvalue weighted by Crippen LogP contribution is 2.40. The van der Waals surface area contributed by atoms with Crippen molar-refractivity contribution < 1.29 is 4.79 Å². The number of anilines is 2. The van der Waals surface area contributed by atoms with E-state index in [4.69, 9.17) is 0 Å². The Hall–Kier alpha value is -2.66. The van der Waals surface area contributed by atoms with E-state index < -0.39 is 0 Å². The topological polar surface area (TPSA) is 47.9 Å². The molecule has 0 aromatic heterocycles. The molecule has 0 radical (unpaired) electrons. The van der Waals surface area contributed by atoms with Crippen LogP contribution in [0.25, 0.3) is 0 Å². The fraction of sp³-hybridized carbons (Fsp3) is 0.500. The maximum atomic E-state index is 12.2. The highest BCUT2D eigenvalue weighted by atomic mass is 16.1. The van der Waals surface area contributed by atoms with Crippen LogP contribution in [0.2, 0.25) is 0 Å². The summed E-state index contributed by atoms with van der Waals surface area (Å²) in [7, 11) is 2.18. The standard InChI is InChI=1S/C28H38N4O/c1-21-24(8-13-27(33)14-15-28(21)23-6-4-5-7-23)20-29-22(2)30-25-9-11-26(12-10-25)32-18-16-31(3)17-19-32/h8-13,20,23,28H,1,4-7,14-19H2,2-3H3,(H,29,30). The minimum absolute atomic E-state index is 0.204. The second kappa shape index (κ2) is 11.0. The smallest absolute Gasteiger partial charge is 0.155 e. The summed E-state index contributed by atoms with van der Waals surface area (Å²) in [5.41, 5.74) is 4.41. The van der Waals surface area contributed by atoms with Crippen molar-refractivity contribution >= 4 is 23.0 Å². The molecule has 176 valence electrons. The van der Waals surface area contributed by atoms with Crippen LogP contribution in [0.1, 0.15) is 45.4 Å². The Labute approximate surface area is 199 Å². The summed E-state index contributed by atoms with van der Waals surface area (Å²) >= 11 is 0. The highest BCUT2D eigenvalue weighted by molar-refractivity contribution is 5.94. The van der Waals surface area contributed by atoms with Crippen molar-refractivity contribution in [2.24, 2.45) is 16.8 Å². The number of hydrogen-bond donors (Lipinski definition) is 1. The first-order valence-corrected chi connectivity index (χ1v) is 12.4. The van der Waals surface area contributed by atoms with Crippen LogP contribution in [0.4, 0.5) is 11.4 Å². The number of hydrogen-bond acceptors (Lipinski definition) is 4. The molecule has 1 N–H and O–H groups in total. The van der Waals surface area contributed by atoms with E-state index in [-0.39, 0.29) is 5.78 Å². The summed E-state index contributed by atoms with van der Waals surface area (Å²) in [6.45, 7) is 10.8. The van der Waals surface area contributed by atoms with Gasteiger partial charge in [0.05, 0.1) is 0 Å². The normalized spacial score (nSPS) is 24.9. The summed E-state index contributed by atoms with van der Waals surface area (Å²) in [6.07, 6.45) is 12.1. The van der Waals surface area contributed by atoms with Gasteiger partial charge in [-0.2, -0.15) is 0 Å². The number of carbonyl (C=O) groups excluding carboxylic acids is 1. The van der Waals surface area contributed by atoms with E-state index in [9.17, 15) is 4.79 Å².